The van der Waals surface area contributed by atoms with E-state index >= 15 is 0 Å². The molecule has 2 atom stereocenters. The van der Waals surface area contributed by atoms with Crippen molar-refractivity contribution in [2.24, 2.45) is 0 Å². The van der Waals surface area contributed by atoms with Crippen molar-refractivity contribution < 1.29 is 23.1 Å². The molecule has 0 radical (unpaired) electrons. The zero-order valence-corrected chi connectivity index (χ0v) is 21.5. The van der Waals surface area contributed by atoms with Crippen LogP contribution >= 0.6 is 0 Å². The minimum Gasteiger partial charge on any atom is -0.445 e. The number of benzene rings is 2. The highest BCUT2D eigenvalue weighted by Gasteiger charge is 2.33. The molecule has 4 aromatic rings. The fourth-order valence-corrected chi connectivity index (χ4v) is 6.08. The number of piperidine rings is 1. The Morgan fingerprint density at radius 2 is 1.71 bits per heavy atom. The van der Waals surface area contributed by atoms with Gasteiger partial charge in [0.25, 0.3) is 0 Å². The summed E-state index contributed by atoms with van der Waals surface area (Å²) in [4.78, 5) is 23.0. The third-order valence-electron chi connectivity index (χ3n) is 6.64. The number of rotatable bonds is 8. The lowest BCUT2D eigenvalue weighted by Crippen LogP contribution is -2.52. The maximum absolute atomic E-state index is 13.1. The number of anilines is 1. The number of carbonyl (C=O) groups is 1. The van der Waals surface area contributed by atoms with Crippen molar-refractivity contribution in [3.8, 4) is 0 Å². The smallest absolute Gasteiger partial charge is 0.410 e. The summed E-state index contributed by atoms with van der Waals surface area (Å²) in [5, 5.41) is 13.8. The van der Waals surface area contributed by atoms with Crippen LogP contribution in [0.2, 0.25) is 0 Å². The van der Waals surface area contributed by atoms with Crippen LogP contribution in [0, 0.1) is 0 Å². The molecule has 0 saturated carbocycles. The molecule has 38 heavy (non-hydrogen) atoms. The monoisotopic (exact) mass is 535 g/mol. The highest BCUT2D eigenvalue weighted by atomic mass is 32.2. The Kier molecular flexibility index (Phi) is 7.57. The van der Waals surface area contributed by atoms with E-state index < -0.39 is 16.1 Å². The molecule has 11 heteroatoms. The van der Waals surface area contributed by atoms with E-state index in [-0.39, 0.29) is 36.7 Å². The average molecular weight is 536 g/mol. The topological polar surface area (TPSA) is 127 Å². The predicted octanol–water partition coefficient (Wildman–Crippen LogP) is 3.38. The fraction of sp³-hybridized carbons (Fsp3) is 0.296. The summed E-state index contributed by atoms with van der Waals surface area (Å²) in [5.41, 5.74) is 1.84. The molecule has 0 spiro atoms. The van der Waals surface area contributed by atoms with E-state index in [2.05, 4.69) is 15.3 Å². The van der Waals surface area contributed by atoms with E-state index in [0.717, 1.165) is 5.56 Å². The first-order chi connectivity index (χ1) is 18.4. The number of carbonyl (C=O) groups excluding carboxylic acids is 1. The number of hydrogen-bond acceptors (Lipinski definition) is 8. The molecule has 2 aromatic carbocycles. The number of ether oxygens (including phenoxy) is 1. The number of nitrogens with zero attached hydrogens (tertiary/aromatic N) is 4. The zero-order valence-electron chi connectivity index (χ0n) is 20.7. The summed E-state index contributed by atoms with van der Waals surface area (Å²) >= 11 is 0. The lowest BCUT2D eigenvalue weighted by molar-refractivity contribution is 0.0471. The lowest BCUT2D eigenvalue weighted by atomic mass is 9.99. The molecule has 0 bridgehead atoms. The molecular weight excluding hydrogens is 506 g/mol. The van der Waals surface area contributed by atoms with E-state index in [9.17, 15) is 18.3 Å². The van der Waals surface area contributed by atoms with E-state index in [1.165, 1.54) is 21.4 Å². The molecule has 2 aromatic heterocycles. The van der Waals surface area contributed by atoms with Crippen molar-refractivity contribution in [3.05, 3.63) is 90.4 Å². The van der Waals surface area contributed by atoms with Gasteiger partial charge in [-0.15, -0.1) is 0 Å². The number of amides is 1. The maximum atomic E-state index is 13.1. The lowest BCUT2D eigenvalue weighted by Gasteiger charge is -2.38. The highest BCUT2D eigenvalue weighted by Crippen LogP contribution is 2.26. The van der Waals surface area contributed by atoms with Gasteiger partial charge in [-0.25, -0.2) is 27.2 Å². The molecule has 1 aliphatic heterocycles. The molecule has 1 amide bonds. The molecule has 198 valence electrons. The van der Waals surface area contributed by atoms with E-state index in [0.29, 0.717) is 36.2 Å². The van der Waals surface area contributed by atoms with Crippen LogP contribution in [0.15, 0.2) is 79.3 Å². The van der Waals surface area contributed by atoms with E-state index in [1.54, 1.807) is 30.3 Å². The van der Waals surface area contributed by atoms with Crippen molar-refractivity contribution in [2.45, 2.75) is 37.3 Å². The number of likely N-dealkylation sites (tertiary alicyclic amines) is 1. The first-order valence-electron chi connectivity index (χ1n) is 12.4. The molecule has 5 rings (SSSR count). The standard InChI is InChI=1S/C27H29N5O5S/c33-16-23-12-11-22(15-31(23)27(34)37-17-20-7-3-1-4-8-20)30-25-24-13-14-32(26(24)29-19-28-25)38(35,36)18-21-9-5-2-6-10-21/h1-10,13-14,19,22-23,33H,11-12,15-18H2,(H,28,29,30)/t22-,23+/m1/s1. The third-order valence-corrected chi connectivity index (χ3v) is 8.23. The van der Waals surface area contributed by atoms with Crippen LogP contribution in [-0.2, 0) is 27.1 Å². The third kappa shape index (κ3) is 5.63. The average Bonchev–Trinajstić information content (AvgIpc) is 3.39. The largest absolute Gasteiger partial charge is 0.445 e. The number of hydrogen-bond donors (Lipinski definition) is 2. The summed E-state index contributed by atoms with van der Waals surface area (Å²) < 4.78 is 32.9. The number of aromatic nitrogens is 3. The van der Waals surface area contributed by atoms with Crippen molar-refractivity contribution in [1.82, 2.24) is 18.8 Å². The van der Waals surface area contributed by atoms with Crippen LogP contribution in [0.4, 0.5) is 10.6 Å². The summed E-state index contributed by atoms with van der Waals surface area (Å²) in [5.74, 6) is 0.323. The maximum Gasteiger partial charge on any atom is 0.410 e. The van der Waals surface area contributed by atoms with E-state index in [1.807, 2.05) is 36.4 Å². The van der Waals surface area contributed by atoms with Gasteiger partial charge in [0, 0.05) is 18.8 Å². The second kappa shape index (κ2) is 11.2. The molecule has 10 nitrogen and oxygen atoms in total. The molecule has 1 aliphatic rings. The number of aliphatic hydroxyl groups excluding tert-OH is 1. The second-order valence-corrected chi connectivity index (χ2v) is 11.1. The number of fused-ring (bicyclic) bond motifs is 1. The van der Waals surface area contributed by atoms with Gasteiger partial charge in [0.15, 0.2) is 5.65 Å². The Labute approximate surface area is 221 Å². The quantitative estimate of drug-likeness (QED) is 0.352. The van der Waals surface area contributed by atoms with Gasteiger partial charge in [-0.3, -0.25) is 0 Å². The summed E-state index contributed by atoms with van der Waals surface area (Å²) in [6, 6.07) is 19.5. The molecule has 1 saturated heterocycles. The Balaban J connectivity index is 1.31. The summed E-state index contributed by atoms with van der Waals surface area (Å²) in [6.07, 6.45) is 3.58. The second-order valence-electron chi connectivity index (χ2n) is 9.26. The van der Waals surface area contributed by atoms with Gasteiger partial charge in [0.1, 0.15) is 18.8 Å². The van der Waals surface area contributed by atoms with Crippen LogP contribution < -0.4 is 5.32 Å². The van der Waals surface area contributed by atoms with Gasteiger partial charge < -0.3 is 20.1 Å². The highest BCUT2D eigenvalue weighted by molar-refractivity contribution is 7.89. The van der Waals surface area contributed by atoms with Crippen molar-refractivity contribution in [1.29, 1.82) is 0 Å². The van der Waals surface area contributed by atoms with Gasteiger partial charge in [-0.2, -0.15) is 0 Å². The van der Waals surface area contributed by atoms with Gasteiger partial charge in [0.05, 0.1) is 23.8 Å². The molecule has 0 unspecified atom stereocenters. The fourth-order valence-electron chi connectivity index (χ4n) is 4.68. The number of nitrogens with one attached hydrogen (secondary N) is 1. The van der Waals surface area contributed by atoms with Crippen molar-refractivity contribution in [2.75, 3.05) is 18.5 Å². The van der Waals surface area contributed by atoms with Crippen LogP contribution in [-0.4, -0.2) is 63.7 Å². The van der Waals surface area contributed by atoms with Crippen LogP contribution in [0.5, 0.6) is 0 Å². The van der Waals surface area contributed by atoms with Crippen molar-refractivity contribution >= 4 is 33.0 Å². The first kappa shape index (κ1) is 25.7. The minimum absolute atomic E-state index is 0.143. The van der Waals surface area contributed by atoms with Crippen LogP contribution in [0.3, 0.4) is 0 Å². The molecule has 1 fully saturated rings. The number of aliphatic hydroxyl groups is 1. The normalized spacial score (nSPS) is 17.9. The van der Waals surface area contributed by atoms with Gasteiger partial charge >= 0.3 is 6.09 Å². The van der Waals surface area contributed by atoms with Crippen LogP contribution in [0.25, 0.3) is 11.0 Å². The summed E-state index contributed by atoms with van der Waals surface area (Å²) in [6.45, 7) is 0.286. The zero-order chi connectivity index (χ0) is 26.5. The SMILES string of the molecule is O=C(OCc1ccccc1)N1C[C@H](Nc2ncnc3c2ccn3S(=O)(=O)Cc2ccccc2)CC[C@H]1CO. The predicted molar refractivity (Wildman–Crippen MR) is 143 cm³/mol. The minimum atomic E-state index is -3.70. The van der Waals surface area contributed by atoms with Gasteiger partial charge in [0.2, 0.25) is 10.0 Å². The Morgan fingerprint density at radius 1 is 1.00 bits per heavy atom. The first-order valence-corrected chi connectivity index (χ1v) is 14.0. The Morgan fingerprint density at radius 3 is 2.42 bits per heavy atom. The van der Waals surface area contributed by atoms with Crippen molar-refractivity contribution in [3.63, 3.8) is 0 Å². The molecular formula is C27H29N5O5S. The van der Waals surface area contributed by atoms with Crippen LogP contribution in [0.1, 0.15) is 24.0 Å². The Hall–Kier alpha value is -3.96. The molecule has 2 N–H and O–H groups in total. The van der Waals surface area contributed by atoms with E-state index in [4.69, 9.17) is 4.74 Å². The Bertz CT molecular complexity index is 1490. The van der Waals surface area contributed by atoms with Gasteiger partial charge in [-0.1, -0.05) is 60.7 Å². The molecule has 0 aliphatic carbocycles. The summed E-state index contributed by atoms with van der Waals surface area (Å²) in [7, 11) is -3.70. The molecule has 3 heterocycles. The van der Waals surface area contributed by atoms with Gasteiger partial charge in [-0.05, 0) is 30.0 Å².